The second kappa shape index (κ2) is 5.55. The van der Waals surface area contributed by atoms with Crippen LogP contribution in [0, 0.1) is 0 Å². The minimum absolute atomic E-state index is 0.0338. The first-order valence-electron chi connectivity index (χ1n) is 6.84. The third kappa shape index (κ3) is 2.51. The van der Waals surface area contributed by atoms with Gasteiger partial charge in [-0.15, -0.1) is 0 Å². The summed E-state index contributed by atoms with van der Waals surface area (Å²) in [7, 11) is -3.89. The molecule has 22 heavy (non-hydrogen) atoms. The fraction of sp³-hybridized carbons (Fsp3) is 0.188. The fourth-order valence-corrected chi connectivity index (χ4v) is 4.26. The number of nitrogens with zero attached hydrogens (tertiary/aromatic N) is 1. The molecule has 0 radical (unpaired) electrons. The van der Waals surface area contributed by atoms with Gasteiger partial charge in [0.15, 0.2) is 0 Å². The number of fused-ring (bicyclic) bond motifs is 1. The van der Waals surface area contributed by atoms with Gasteiger partial charge in [-0.3, -0.25) is 0 Å². The Morgan fingerprint density at radius 1 is 1.00 bits per heavy atom. The molecule has 2 aromatic carbocycles. The van der Waals surface area contributed by atoms with Gasteiger partial charge in [-0.25, -0.2) is 8.42 Å². The predicted octanol–water partition coefficient (Wildman–Crippen LogP) is 0.552. The van der Waals surface area contributed by atoms with E-state index in [1.54, 1.807) is 18.2 Å². The maximum Gasteiger partial charge on any atom is 0.243 e. The van der Waals surface area contributed by atoms with Crippen molar-refractivity contribution in [1.82, 2.24) is 4.31 Å². The molecule has 0 saturated heterocycles. The summed E-state index contributed by atoms with van der Waals surface area (Å²) in [6.45, 7) is 0.0338. The van der Waals surface area contributed by atoms with E-state index in [2.05, 4.69) is 0 Å². The summed E-state index contributed by atoms with van der Waals surface area (Å²) in [4.78, 5) is 11.5. The lowest BCUT2D eigenvalue weighted by Gasteiger charge is -2.36. The second-order valence-electron chi connectivity index (χ2n) is 5.17. The number of carbonyl (C=O) groups is 1. The number of sulfonamides is 1. The highest BCUT2D eigenvalue weighted by atomic mass is 32.2. The minimum Gasteiger partial charge on any atom is -0.548 e. The minimum atomic E-state index is -3.89. The van der Waals surface area contributed by atoms with Crippen molar-refractivity contribution >= 4 is 16.0 Å². The van der Waals surface area contributed by atoms with Crippen LogP contribution in [-0.4, -0.2) is 24.7 Å². The first-order chi connectivity index (χ1) is 10.5. The van der Waals surface area contributed by atoms with E-state index in [0.717, 1.165) is 15.4 Å². The number of hydrogen-bond donors (Lipinski definition) is 0. The van der Waals surface area contributed by atoms with Crippen molar-refractivity contribution in [2.24, 2.45) is 0 Å². The summed E-state index contributed by atoms with van der Waals surface area (Å²) in [6, 6.07) is 13.9. The molecule has 0 N–H and O–H groups in total. The molecule has 1 heterocycles. The highest BCUT2D eigenvalue weighted by Crippen LogP contribution is 2.28. The Bertz CT molecular complexity index is 802. The Morgan fingerprint density at radius 3 is 2.23 bits per heavy atom. The Hall–Kier alpha value is -2.18. The van der Waals surface area contributed by atoms with Crippen molar-refractivity contribution in [3.63, 3.8) is 0 Å². The van der Waals surface area contributed by atoms with Crippen LogP contribution in [0.1, 0.15) is 11.1 Å². The zero-order valence-electron chi connectivity index (χ0n) is 11.7. The number of rotatable bonds is 3. The molecule has 1 aliphatic heterocycles. The molecule has 6 heteroatoms. The number of aliphatic carboxylic acids is 1. The van der Waals surface area contributed by atoms with Crippen molar-refractivity contribution in [3.05, 3.63) is 65.7 Å². The van der Waals surface area contributed by atoms with E-state index in [1.165, 1.54) is 12.1 Å². The molecule has 1 atom stereocenters. The van der Waals surface area contributed by atoms with Gasteiger partial charge in [0.05, 0.1) is 16.9 Å². The molecule has 2 aromatic rings. The second-order valence-corrected chi connectivity index (χ2v) is 7.06. The largest absolute Gasteiger partial charge is 0.548 e. The Morgan fingerprint density at radius 2 is 1.59 bits per heavy atom. The molecule has 0 aromatic heterocycles. The predicted molar refractivity (Wildman–Crippen MR) is 78.1 cm³/mol. The summed E-state index contributed by atoms with van der Waals surface area (Å²) < 4.78 is 26.5. The van der Waals surface area contributed by atoms with Gasteiger partial charge < -0.3 is 9.90 Å². The van der Waals surface area contributed by atoms with E-state index in [1.807, 2.05) is 24.3 Å². The van der Waals surface area contributed by atoms with E-state index >= 15 is 0 Å². The zero-order valence-corrected chi connectivity index (χ0v) is 12.5. The summed E-state index contributed by atoms with van der Waals surface area (Å²) in [6.07, 6.45) is 0.116. The lowest BCUT2D eigenvalue weighted by Crippen LogP contribution is -2.53. The summed E-state index contributed by atoms with van der Waals surface area (Å²) in [5.74, 6) is -1.38. The van der Waals surface area contributed by atoms with Crippen LogP contribution < -0.4 is 5.11 Å². The first kappa shape index (κ1) is 14.7. The Kier molecular flexibility index (Phi) is 3.72. The molecule has 0 fully saturated rings. The van der Waals surface area contributed by atoms with Crippen molar-refractivity contribution in [3.8, 4) is 0 Å². The maximum absolute atomic E-state index is 12.7. The molecular weight excluding hydrogens is 302 g/mol. The zero-order chi connectivity index (χ0) is 15.7. The van der Waals surface area contributed by atoms with Crippen LogP contribution in [0.3, 0.4) is 0 Å². The molecule has 114 valence electrons. The van der Waals surface area contributed by atoms with Crippen LogP contribution in [-0.2, 0) is 27.8 Å². The normalized spacial score (nSPS) is 18.6. The Labute approximate surface area is 128 Å². The van der Waals surface area contributed by atoms with Gasteiger partial charge >= 0.3 is 0 Å². The Balaban J connectivity index is 2.07. The average Bonchev–Trinajstić information content (AvgIpc) is 2.54. The topological polar surface area (TPSA) is 77.5 Å². The highest BCUT2D eigenvalue weighted by molar-refractivity contribution is 7.89. The van der Waals surface area contributed by atoms with E-state index in [4.69, 9.17) is 0 Å². The molecule has 3 rings (SSSR count). The number of carboxylic acid groups (broad SMARTS) is 1. The third-order valence-corrected chi connectivity index (χ3v) is 5.70. The summed E-state index contributed by atoms with van der Waals surface area (Å²) in [5.41, 5.74) is 1.66. The van der Waals surface area contributed by atoms with Crippen molar-refractivity contribution in [1.29, 1.82) is 0 Å². The molecular formula is C16H14NO4S-. The van der Waals surface area contributed by atoms with Crippen molar-refractivity contribution < 1.29 is 18.3 Å². The van der Waals surface area contributed by atoms with Gasteiger partial charge in [-0.2, -0.15) is 4.31 Å². The summed E-state index contributed by atoms with van der Waals surface area (Å²) >= 11 is 0. The van der Waals surface area contributed by atoms with Gasteiger partial charge in [0, 0.05) is 6.54 Å². The lowest BCUT2D eigenvalue weighted by atomic mass is 9.96. The maximum atomic E-state index is 12.7. The van der Waals surface area contributed by atoms with Gasteiger partial charge in [-0.05, 0) is 29.7 Å². The van der Waals surface area contributed by atoms with Crippen LogP contribution in [0.25, 0.3) is 0 Å². The van der Waals surface area contributed by atoms with Gasteiger partial charge in [0.25, 0.3) is 0 Å². The van der Waals surface area contributed by atoms with Crippen LogP contribution >= 0.6 is 0 Å². The number of carbonyl (C=O) groups excluding carboxylic acids is 1. The standard InChI is InChI=1S/C16H15NO4S/c18-16(19)15-10-12-6-4-5-7-13(12)11-17(15)22(20,21)14-8-2-1-3-9-14/h1-9,15H,10-11H2,(H,18,19)/p-1/t15-/m0/s1. The molecule has 0 amide bonds. The smallest absolute Gasteiger partial charge is 0.243 e. The van der Waals surface area contributed by atoms with Crippen LogP contribution in [0.4, 0.5) is 0 Å². The highest BCUT2D eigenvalue weighted by Gasteiger charge is 2.36. The molecule has 0 bridgehead atoms. The van der Waals surface area contributed by atoms with Crippen LogP contribution in [0.5, 0.6) is 0 Å². The van der Waals surface area contributed by atoms with Crippen LogP contribution in [0.2, 0.25) is 0 Å². The van der Waals surface area contributed by atoms with Crippen LogP contribution in [0.15, 0.2) is 59.5 Å². The number of benzene rings is 2. The molecule has 0 saturated carbocycles. The quantitative estimate of drug-likeness (QED) is 0.828. The van der Waals surface area contributed by atoms with E-state index in [9.17, 15) is 18.3 Å². The van der Waals surface area contributed by atoms with Gasteiger partial charge in [0.2, 0.25) is 10.0 Å². The SMILES string of the molecule is O=C([O-])[C@@H]1Cc2ccccc2CN1S(=O)(=O)c1ccccc1. The van der Waals surface area contributed by atoms with Crippen molar-refractivity contribution in [2.75, 3.05) is 0 Å². The molecule has 1 aliphatic rings. The van der Waals surface area contributed by atoms with E-state index in [0.29, 0.717) is 0 Å². The van der Waals surface area contributed by atoms with Crippen molar-refractivity contribution in [2.45, 2.75) is 23.9 Å². The van der Waals surface area contributed by atoms with E-state index < -0.39 is 22.0 Å². The third-order valence-electron chi connectivity index (χ3n) is 3.83. The molecule has 5 nitrogen and oxygen atoms in total. The van der Waals surface area contributed by atoms with Gasteiger partial charge in [0.1, 0.15) is 0 Å². The molecule has 0 aliphatic carbocycles. The number of hydrogen-bond acceptors (Lipinski definition) is 4. The first-order valence-corrected chi connectivity index (χ1v) is 8.28. The monoisotopic (exact) mass is 316 g/mol. The number of carboxylic acids is 1. The average molecular weight is 316 g/mol. The molecule has 0 unspecified atom stereocenters. The summed E-state index contributed by atoms with van der Waals surface area (Å²) in [5, 5.41) is 11.4. The fourth-order valence-electron chi connectivity index (χ4n) is 2.68. The van der Waals surface area contributed by atoms with E-state index in [-0.39, 0.29) is 17.9 Å². The lowest BCUT2D eigenvalue weighted by molar-refractivity contribution is -0.310. The van der Waals surface area contributed by atoms with Gasteiger partial charge in [-0.1, -0.05) is 42.5 Å². The molecule has 0 spiro atoms.